The van der Waals surface area contributed by atoms with Gasteiger partial charge >= 0.3 is 0 Å². The van der Waals surface area contributed by atoms with Crippen molar-refractivity contribution in [1.82, 2.24) is 4.90 Å². The SMILES string of the molecule is C#CCN(CCC)C(=O)COc1ccccc1C#N. The molecule has 0 aliphatic rings. The molecular weight excluding hydrogens is 240 g/mol. The maximum Gasteiger partial charge on any atom is 0.261 e. The van der Waals surface area contributed by atoms with E-state index >= 15 is 0 Å². The Hall–Kier alpha value is -2.46. The van der Waals surface area contributed by atoms with Gasteiger partial charge in [-0.05, 0) is 18.6 Å². The molecule has 4 nitrogen and oxygen atoms in total. The molecule has 0 aliphatic heterocycles. The van der Waals surface area contributed by atoms with E-state index in [2.05, 4.69) is 5.92 Å². The Labute approximate surface area is 113 Å². The summed E-state index contributed by atoms with van der Waals surface area (Å²) in [4.78, 5) is 13.5. The predicted octanol–water partition coefficient (Wildman–Crippen LogP) is 1.81. The molecule has 0 bridgehead atoms. The molecule has 0 radical (unpaired) electrons. The molecule has 0 unspecified atom stereocenters. The minimum atomic E-state index is -0.174. The molecule has 0 atom stereocenters. The van der Waals surface area contributed by atoms with Gasteiger partial charge in [0.1, 0.15) is 11.8 Å². The van der Waals surface area contributed by atoms with Gasteiger partial charge in [0.05, 0.1) is 12.1 Å². The summed E-state index contributed by atoms with van der Waals surface area (Å²) in [5, 5.41) is 8.91. The van der Waals surface area contributed by atoms with Crippen molar-refractivity contribution >= 4 is 5.91 Å². The second-order valence-electron chi connectivity index (χ2n) is 3.92. The summed E-state index contributed by atoms with van der Waals surface area (Å²) in [5.41, 5.74) is 0.411. The summed E-state index contributed by atoms with van der Waals surface area (Å²) < 4.78 is 5.38. The number of hydrogen-bond donors (Lipinski definition) is 0. The van der Waals surface area contributed by atoms with Crippen molar-refractivity contribution in [1.29, 1.82) is 5.26 Å². The number of terminal acetylenes is 1. The van der Waals surface area contributed by atoms with Gasteiger partial charge in [0.25, 0.3) is 5.91 Å². The highest BCUT2D eigenvalue weighted by atomic mass is 16.5. The van der Waals surface area contributed by atoms with Crippen molar-refractivity contribution in [2.75, 3.05) is 19.7 Å². The summed E-state index contributed by atoms with van der Waals surface area (Å²) in [5.74, 6) is 2.69. The fourth-order valence-corrected chi connectivity index (χ4v) is 1.59. The van der Waals surface area contributed by atoms with Crippen LogP contribution >= 0.6 is 0 Å². The summed E-state index contributed by atoms with van der Waals surface area (Å²) in [6.45, 7) is 2.74. The van der Waals surface area contributed by atoms with Gasteiger partial charge in [-0.15, -0.1) is 6.42 Å². The fraction of sp³-hybridized carbons (Fsp3) is 0.333. The van der Waals surface area contributed by atoms with Crippen molar-refractivity contribution in [2.45, 2.75) is 13.3 Å². The molecule has 0 aliphatic carbocycles. The van der Waals surface area contributed by atoms with Crippen LogP contribution < -0.4 is 4.74 Å². The zero-order valence-electron chi connectivity index (χ0n) is 10.9. The molecule has 0 heterocycles. The normalized spacial score (nSPS) is 9.21. The number of rotatable bonds is 6. The van der Waals surface area contributed by atoms with Crippen LogP contribution in [0.15, 0.2) is 24.3 Å². The van der Waals surface area contributed by atoms with E-state index in [1.807, 2.05) is 13.0 Å². The summed E-state index contributed by atoms with van der Waals surface area (Å²) >= 11 is 0. The third-order valence-electron chi connectivity index (χ3n) is 2.49. The highest BCUT2D eigenvalue weighted by Gasteiger charge is 2.13. The molecule has 4 heteroatoms. The molecule has 0 aromatic heterocycles. The molecule has 0 N–H and O–H groups in total. The molecule has 98 valence electrons. The topological polar surface area (TPSA) is 53.3 Å². The Morgan fingerprint density at radius 3 is 2.84 bits per heavy atom. The molecular formula is C15H16N2O2. The van der Waals surface area contributed by atoms with Gasteiger partial charge in [-0.3, -0.25) is 4.79 Å². The van der Waals surface area contributed by atoms with Crippen LogP contribution in [0, 0.1) is 23.7 Å². The summed E-state index contributed by atoms with van der Waals surface area (Å²) in [7, 11) is 0. The minimum absolute atomic E-state index is 0.111. The zero-order chi connectivity index (χ0) is 14.1. The molecule has 1 aromatic rings. The smallest absolute Gasteiger partial charge is 0.261 e. The Bertz CT molecular complexity index is 512. The van der Waals surface area contributed by atoms with E-state index in [1.165, 1.54) is 0 Å². The zero-order valence-corrected chi connectivity index (χ0v) is 10.9. The number of nitriles is 1. The first kappa shape index (κ1) is 14.6. The van der Waals surface area contributed by atoms with Gasteiger partial charge in [-0.1, -0.05) is 25.0 Å². The van der Waals surface area contributed by atoms with E-state index in [9.17, 15) is 4.79 Å². The minimum Gasteiger partial charge on any atom is -0.482 e. The second kappa shape index (κ2) is 7.79. The van der Waals surface area contributed by atoms with Gasteiger partial charge in [0.2, 0.25) is 0 Å². The van der Waals surface area contributed by atoms with Crippen LogP contribution in [0.4, 0.5) is 0 Å². The second-order valence-corrected chi connectivity index (χ2v) is 3.92. The highest BCUT2D eigenvalue weighted by molar-refractivity contribution is 5.78. The van der Waals surface area contributed by atoms with E-state index in [0.29, 0.717) is 17.9 Å². The average Bonchev–Trinajstić information content (AvgIpc) is 2.44. The van der Waals surface area contributed by atoms with E-state index in [1.54, 1.807) is 29.2 Å². The van der Waals surface area contributed by atoms with Crippen LogP contribution in [0.25, 0.3) is 0 Å². The number of carbonyl (C=O) groups is 1. The molecule has 0 saturated heterocycles. The molecule has 1 aromatic carbocycles. The lowest BCUT2D eigenvalue weighted by molar-refractivity contribution is -0.132. The number of carbonyl (C=O) groups excluding carboxylic acids is 1. The van der Waals surface area contributed by atoms with E-state index in [-0.39, 0.29) is 19.1 Å². The Morgan fingerprint density at radius 2 is 2.21 bits per heavy atom. The Morgan fingerprint density at radius 1 is 1.47 bits per heavy atom. The average molecular weight is 256 g/mol. The number of amides is 1. The van der Waals surface area contributed by atoms with Crippen molar-refractivity contribution in [2.24, 2.45) is 0 Å². The number of benzene rings is 1. The first-order valence-corrected chi connectivity index (χ1v) is 6.06. The van der Waals surface area contributed by atoms with Gasteiger partial charge in [-0.2, -0.15) is 5.26 Å². The van der Waals surface area contributed by atoms with Crippen LogP contribution in [-0.2, 0) is 4.79 Å². The predicted molar refractivity (Wildman–Crippen MR) is 72.4 cm³/mol. The molecule has 19 heavy (non-hydrogen) atoms. The summed E-state index contributed by atoms with van der Waals surface area (Å²) in [6, 6.07) is 8.83. The largest absolute Gasteiger partial charge is 0.482 e. The van der Waals surface area contributed by atoms with E-state index < -0.39 is 0 Å². The van der Waals surface area contributed by atoms with Crippen molar-refractivity contribution < 1.29 is 9.53 Å². The quantitative estimate of drug-likeness (QED) is 0.729. The van der Waals surface area contributed by atoms with Gasteiger partial charge in [0, 0.05) is 6.54 Å². The number of para-hydroxylation sites is 1. The lowest BCUT2D eigenvalue weighted by Crippen LogP contribution is -2.35. The van der Waals surface area contributed by atoms with Crippen LogP contribution in [-0.4, -0.2) is 30.5 Å². The number of nitrogens with zero attached hydrogens (tertiary/aromatic N) is 2. The van der Waals surface area contributed by atoms with Crippen LogP contribution in [0.2, 0.25) is 0 Å². The Balaban J connectivity index is 2.63. The van der Waals surface area contributed by atoms with Gasteiger partial charge in [-0.25, -0.2) is 0 Å². The van der Waals surface area contributed by atoms with Gasteiger partial charge in [0.15, 0.2) is 6.61 Å². The van der Waals surface area contributed by atoms with Crippen LogP contribution in [0.3, 0.4) is 0 Å². The first-order valence-electron chi connectivity index (χ1n) is 6.06. The standard InChI is InChI=1S/C15H16N2O2/c1-3-9-17(10-4-2)15(18)12-19-14-8-6-5-7-13(14)11-16/h1,5-8H,4,9-10,12H2,2H3. The van der Waals surface area contributed by atoms with Crippen molar-refractivity contribution in [3.63, 3.8) is 0 Å². The number of hydrogen-bond acceptors (Lipinski definition) is 3. The summed E-state index contributed by atoms with van der Waals surface area (Å²) in [6.07, 6.45) is 6.06. The van der Waals surface area contributed by atoms with E-state index in [0.717, 1.165) is 6.42 Å². The molecule has 0 fully saturated rings. The lowest BCUT2D eigenvalue weighted by Gasteiger charge is -2.19. The molecule has 1 amide bonds. The van der Waals surface area contributed by atoms with Crippen LogP contribution in [0.1, 0.15) is 18.9 Å². The molecule has 0 spiro atoms. The highest BCUT2D eigenvalue weighted by Crippen LogP contribution is 2.16. The monoisotopic (exact) mass is 256 g/mol. The van der Waals surface area contributed by atoms with E-state index in [4.69, 9.17) is 16.4 Å². The van der Waals surface area contributed by atoms with Gasteiger partial charge < -0.3 is 9.64 Å². The fourth-order valence-electron chi connectivity index (χ4n) is 1.59. The third kappa shape index (κ3) is 4.37. The Kier molecular flexibility index (Phi) is 5.98. The maximum absolute atomic E-state index is 11.9. The van der Waals surface area contributed by atoms with Crippen molar-refractivity contribution in [3.8, 4) is 24.2 Å². The van der Waals surface area contributed by atoms with Crippen LogP contribution in [0.5, 0.6) is 5.75 Å². The molecule has 1 rings (SSSR count). The maximum atomic E-state index is 11.9. The lowest BCUT2D eigenvalue weighted by atomic mass is 10.2. The molecule has 0 saturated carbocycles. The first-order chi connectivity index (χ1) is 9.22. The number of ether oxygens (including phenoxy) is 1. The van der Waals surface area contributed by atoms with Crippen molar-refractivity contribution in [3.05, 3.63) is 29.8 Å². The third-order valence-corrected chi connectivity index (χ3v) is 2.49.